The second-order valence-corrected chi connectivity index (χ2v) is 3.14. The standard InChI is InChI=1S/C12H17N/c1-3-8-11(4-2)13-12-9-6-5-7-10-12/h3,5-7,9-11,13H,1,4,8H2,2H3. The Hall–Kier alpha value is -1.24. The van der Waals surface area contributed by atoms with Crippen LogP contribution in [0.3, 0.4) is 0 Å². The number of hydrogen-bond acceptors (Lipinski definition) is 1. The van der Waals surface area contributed by atoms with Crippen molar-refractivity contribution in [2.45, 2.75) is 25.8 Å². The second kappa shape index (κ2) is 5.41. The van der Waals surface area contributed by atoms with Crippen LogP contribution in [-0.4, -0.2) is 6.04 Å². The van der Waals surface area contributed by atoms with Crippen molar-refractivity contribution in [1.29, 1.82) is 0 Å². The Kier molecular flexibility index (Phi) is 4.10. The van der Waals surface area contributed by atoms with E-state index in [4.69, 9.17) is 0 Å². The monoisotopic (exact) mass is 175 g/mol. The van der Waals surface area contributed by atoms with E-state index in [9.17, 15) is 0 Å². The Morgan fingerprint density at radius 3 is 2.62 bits per heavy atom. The topological polar surface area (TPSA) is 12.0 Å². The van der Waals surface area contributed by atoms with Crippen LogP contribution in [0.15, 0.2) is 43.0 Å². The predicted molar refractivity (Wildman–Crippen MR) is 59.0 cm³/mol. The fraction of sp³-hybridized carbons (Fsp3) is 0.333. The molecule has 1 atom stereocenters. The first kappa shape index (κ1) is 9.85. The van der Waals surface area contributed by atoms with Crippen LogP contribution in [0.5, 0.6) is 0 Å². The molecule has 1 heteroatoms. The lowest BCUT2D eigenvalue weighted by molar-refractivity contribution is 0.706. The zero-order valence-electron chi connectivity index (χ0n) is 8.16. The second-order valence-electron chi connectivity index (χ2n) is 3.14. The number of nitrogens with one attached hydrogen (secondary N) is 1. The zero-order chi connectivity index (χ0) is 9.52. The quantitative estimate of drug-likeness (QED) is 0.676. The summed E-state index contributed by atoms with van der Waals surface area (Å²) in [6, 6.07) is 10.8. The van der Waals surface area contributed by atoms with E-state index < -0.39 is 0 Å². The molecule has 1 unspecified atom stereocenters. The van der Waals surface area contributed by atoms with E-state index >= 15 is 0 Å². The Morgan fingerprint density at radius 1 is 1.38 bits per heavy atom. The Morgan fingerprint density at radius 2 is 2.08 bits per heavy atom. The maximum atomic E-state index is 3.75. The highest BCUT2D eigenvalue weighted by Crippen LogP contribution is 2.10. The molecule has 0 bridgehead atoms. The van der Waals surface area contributed by atoms with Gasteiger partial charge in [-0.1, -0.05) is 31.2 Å². The highest BCUT2D eigenvalue weighted by atomic mass is 14.9. The molecular weight excluding hydrogens is 158 g/mol. The van der Waals surface area contributed by atoms with Gasteiger partial charge in [-0.2, -0.15) is 0 Å². The maximum Gasteiger partial charge on any atom is 0.0342 e. The molecule has 0 aromatic heterocycles. The van der Waals surface area contributed by atoms with Crippen LogP contribution in [0, 0.1) is 0 Å². The van der Waals surface area contributed by atoms with E-state index in [2.05, 4.69) is 31.0 Å². The van der Waals surface area contributed by atoms with Crippen molar-refractivity contribution < 1.29 is 0 Å². The summed E-state index contributed by atoms with van der Waals surface area (Å²) in [5, 5.41) is 3.46. The summed E-state index contributed by atoms with van der Waals surface area (Å²) in [6.07, 6.45) is 4.11. The minimum atomic E-state index is 0.514. The van der Waals surface area contributed by atoms with Crippen LogP contribution in [-0.2, 0) is 0 Å². The highest BCUT2D eigenvalue weighted by molar-refractivity contribution is 5.43. The molecular formula is C12H17N. The third-order valence-corrected chi connectivity index (χ3v) is 2.09. The van der Waals surface area contributed by atoms with Crippen LogP contribution >= 0.6 is 0 Å². The molecule has 70 valence electrons. The van der Waals surface area contributed by atoms with Crippen LogP contribution in [0.25, 0.3) is 0 Å². The summed E-state index contributed by atoms with van der Waals surface area (Å²) in [5.41, 5.74) is 1.19. The summed E-state index contributed by atoms with van der Waals surface area (Å²) in [7, 11) is 0. The summed E-state index contributed by atoms with van der Waals surface area (Å²) in [4.78, 5) is 0. The minimum Gasteiger partial charge on any atom is -0.382 e. The molecule has 0 aliphatic heterocycles. The molecule has 1 rings (SSSR count). The van der Waals surface area contributed by atoms with Gasteiger partial charge in [-0.05, 0) is 25.0 Å². The Balaban J connectivity index is 2.51. The average Bonchev–Trinajstić information content (AvgIpc) is 2.19. The largest absolute Gasteiger partial charge is 0.382 e. The lowest BCUT2D eigenvalue weighted by atomic mass is 10.1. The van der Waals surface area contributed by atoms with E-state index in [-0.39, 0.29) is 0 Å². The molecule has 0 saturated heterocycles. The van der Waals surface area contributed by atoms with Crippen molar-refractivity contribution in [3.05, 3.63) is 43.0 Å². The number of anilines is 1. The van der Waals surface area contributed by atoms with Gasteiger partial charge in [0.15, 0.2) is 0 Å². The first-order valence-corrected chi connectivity index (χ1v) is 4.79. The molecule has 0 saturated carbocycles. The maximum absolute atomic E-state index is 3.75. The molecule has 0 spiro atoms. The highest BCUT2D eigenvalue weighted by Gasteiger charge is 2.01. The summed E-state index contributed by atoms with van der Waals surface area (Å²) < 4.78 is 0. The molecule has 1 aromatic rings. The fourth-order valence-corrected chi connectivity index (χ4v) is 1.30. The summed E-state index contributed by atoms with van der Waals surface area (Å²) in [5.74, 6) is 0. The van der Waals surface area contributed by atoms with Gasteiger partial charge in [0.25, 0.3) is 0 Å². The molecule has 1 N–H and O–H groups in total. The van der Waals surface area contributed by atoms with Gasteiger partial charge < -0.3 is 5.32 Å². The third kappa shape index (κ3) is 3.32. The van der Waals surface area contributed by atoms with Crippen molar-refractivity contribution in [3.63, 3.8) is 0 Å². The average molecular weight is 175 g/mol. The summed E-state index contributed by atoms with van der Waals surface area (Å²) in [6.45, 7) is 5.93. The van der Waals surface area contributed by atoms with Crippen molar-refractivity contribution in [3.8, 4) is 0 Å². The van der Waals surface area contributed by atoms with Gasteiger partial charge in [0.1, 0.15) is 0 Å². The van der Waals surface area contributed by atoms with Gasteiger partial charge in [-0.3, -0.25) is 0 Å². The third-order valence-electron chi connectivity index (χ3n) is 2.09. The molecule has 13 heavy (non-hydrogen) atoms. The van der Waals surface area contributed by atoms with E-state index in [1.165, 1.54) is 5.69 Å². The first-order valence-electron chi connectivity index (χ1n) is 4.79. The van der Waals surface area contributed by atoms with Crippen molar-refractivity contribution in [2.75, 3.05) is 5.32 Å². The molecule has 1 aromatic carbocycles. The van der Waals surface area contributed by atoms with Crippen molar-refractivity contribution in [2.24, 2.45) is 0 Å². The van der Waals surface area contributed by atoms with Gasteiger partial charge in [0.2, 0.25) is 0 Å². The number of benzene rings is 1. The van der Waals surface area contributed by atoms with E-state index in [1.807, 2.05) is 24.3 Å². The molecule has 0 radical (unpaired) electrons. The fourth-order valence-electron chi connectivity index (χ4n) is 1.30. The van der Waals surface area contributed by atoms with Gasteiger partial charge >= 0.3 is 0 Å². The van der Waals surface area contributed by atoms with Gasteiger partial charge in [0.05, 0.1) is 0 Å². The molecule has 0 amide bonds. The normalized spacial score (nSPS) is 12.1. The van der Waals surface area contributed by atoms with E-state index in [0.29, 0.717) is 6.04 Å². The van der Waals surface area contributed by atoms with Crippen LogP contribution < -0.4 is 5.32 Å². The minimum absolute atomic E-state index is 0.514. The van der Waals surface area contributed by atoms with E-state index in [1.54, 1.807) is 0 Å². The van der Waals surface area contributed by atoms with Gasteiger partial charge in [-0.25, -0.2) is 0 Å². The molecule has 0 aliphatic carbocycles. The number of para-hydroxylation sites is 1. The van der Waals surface area contributed by atoms with Crippen LogP contribution in [0.1, 0.15) is 19.8 Å². The van der Waals surface area contributed by atoms with Crippen molar-refractivity contribution in [1.82, 2.24) is 0 Å². The lowest BCUT2D eigenvalue weighted by Gasteiger charge is -2.16. The Bertz CT molecular complexity index is 241. The van der Waals surface area contributed by atoms with Gasteiger partial charge in [-0.15, -0.1) is 6.58 Å². The molecule has 0 heterocycles. The van der Waals surface area contributed by atoms with Crippen molar-refractivity contribution >= 4 is 5.69 Å². The first-order chi connectivity index (χ1) is 6.36. The molecule has 0 aliphatic rings. The zero-order valence-corrected chi connectivity index (χ0v) is 8.16. The van der Waals surface area contributed by atoms with Crippen LogP contribution in [0.4, 0.5) is 5.69 Å². The number of hydrogen-bond donors (Lipinski definition) is 1. The lowest BCUT2D eigenvalue weighted by Crippen LogP contribution is -2.16. The van der Waals surface area contributed by atoms with E-state index in [0.717, 1.165) is 12.8 Å². The van der Waals surface area contributed by atoms with Crippen LogP contribution in [0.2, 0.25) is 0 Å². The molecule has 1 nitrogen and oxygen atoms in total. The molecule has 0 fully saturated rings. The summed E-state index contributed by atoms with van der Waals surface area (Å²) >= 11 is 0. The Labute approximate surface area is 80.5 Å². The van der Waals surface area contributed by atoms with Gasteiger partial charge in [0, 0.05) is 11.7 Å². The predicted octanol–water partition coefficient (Wildman–Crippen LogP) is 3.45. The smallest absolute Gasteiger partial charge is 0.0342 e. The number of rotatable bonds is 5. The SMILES string of the molecule is C=CCC(CC)Nc1ccccc1.